The number of ether oxygens (including phenoxy) is 2. The first kappa shape index (κ1) is 44.8. The fourth-order valence-corrected chi connectivity index (χ4v) is 6.17. The van der Waals surface area contributed by atoms with Crippen molar-refractivity contribution in [3.63, 3.8) is 0 Å². The number of anilines is 4. The molecule has 0 unspecified atom stereocenters. The van der Waals surface area contributed by atoms with Gasteiger partial charge in [-0.3, -0.25) is 9.59 Å². The van der Waals surface area contributed by atoms with Crippen LogP contribution in [0.4, 0.5) is 45.4 Å². The molecule has 0 amide bonds. The van der Waals surface area contributed by atoms with Crippen LogP contribution in [0.3, 0.4) is 0 Å². The number of nitrogen functional groups attached to an aromatic ring is 2. The molecule has 0 aliphatic carbocycles. The van der Waals surface area contributed by atoms with E-state index in [1.165, 1.54) is 18.2 Å². The number of rotatable bonds is 5. The Hall–Kier alpha value is -6.26. The van der Waals surface area contributed by atoms with E-state index in [0.717, 1.165) is 12.1 Å². The molecule has 15 nitrogen and oxygen atoms in total. The van der Waals surface area contributed by atoms with Gasteiger partial charge in [-0.25, -0.2) is 8.78 Å². The van der Waals surface area contributed by atoms with Crippen LogP contribution in [0, 0.1) is 18.6 Å². The lowest BCUT2D eigenvalue weighted by Crippen LogP contribution is -2.37. The SMILES string of the molecule is Cc1ccc(N)cc1F.Nc1ccc(-c2cccc3c(=O)nc(N4CCOCC4)oc23)c(F)c1.O=c1nc(N2CCOCC2)oc2c(OS(=O)(=O)C(F)(F)F)cccc12.[B]. The van der Waals surface area contributed by atoms with Crippen molar-refractivity contribution in [2.75, 3.05) is 73.9 Å². The van der Waals surface area contributed by atoms with Crippen LogP contribution in [0.15, 0.2) is 91.2 Å². The second kappa shape index (κ2) is 18.8. The fraction of sp³-hybridized carbons (Fsp3) is 0.263. The number of hydrogen-bond donors (Lipinski definition) is 2. The first-order chi connectivity index (χ1) is 28.0. The van der Waals surface area contributed by atoms with Gasteiger partial charge < -0.3 is 43.8 Å². The lowest BCUT2D eigenvalue weighted by atomic mass is 10.0. The number of morpholine rings is 2. The maximum atomic E-state index is 14.4. The van der Waals surface area contributed by atoms with Crippen molar-refractivity contribution >= 4 is 63.9 Å². The Morgan fingerprint density at radius 2 is 1.17 bits per heavy atom. The highest BCUT2D eigenvalue weighted by molar-refractivity contribution is 7.88. The van der Waals surface area contributed by atoms with Crippen LogP contribution >= 0.6 is 0 Å². The Bertz CT molecular complexity index is 2710. The molecule has 2 aliphatic heterocycles. The monoisotopic (exact) mass is 857 g/mol. The molecule has 8 rings (SSSR count). The number of aromatic nitrogens is 2. The molecule has 22 heteroatoms. The zero-order chi connectivity index (χ0) is 42.5. The Balaban J connectivity index is 0.000000186. The van der Waals surface area contributed by atoms with Crippen LogP contribution in [0.2, 0.25) is 0 Å². The predicted octanol–water partition coefficient (Wildman–Crippen LogP) is 5.00. The summed E-state index contributed by atoms with van der Waals surface area (Å²) in [7, 11) is -5.91. The third-order valence-corrected chi connectivity index (χ3v) is 9.73. The molecule has 0 atom stereocenters. The van der Waals surface area contributed by atoms with Gasteiger partial charge in [-0.1, -0.05) is 24.3 Å². The minimum Gasteiger partial charge on any atom is -0.424 e. The number of halogens is 5. The topological polar surface area (TPSA) is 207 Å². The van der Waals surface area contributed by atoms with Crippen LogP contribution in [0.25, 0.3) is 33.1 Å². The van der Waals surface area contributed by atoms with Crippen molar-refractivity contribution in [1.82, 2.24) is 9.97 Å². The maximum Gasteiger partial charge on any atom is 0.534 e. The first-order valence-electron chi connectivity index (χ1n) is 17.6. The molecule has 4 N–H and O–H groups in total. The number of fused-ring (bicyclic) bond motifs is 2. The summed E-state index contributed by atoms with van der Waals surface area (Å²) in [5.41, 5.74) is 6.23. The summed E-state index contributed by atoms with van der Waals surface area (Å²) in [5.74, 6) is -1.46. The lowest BCUT2D eigenvalue weighted by molar-refractivity contribution is -0.0499. The highest BCUT2D eigenvalue weighted by Crippen LogP contribution is 2.33. The Morgan fingerprint density at radius 3 is 1.67 bits per heavy atom. The Kier molecular flexibility index (Phi) is 14.0. The molecule has 2 fully saturated rings. The van der Waals surface area contributed by atoms with Gasteiger partial charge in [0.25, 0.3) is 11.1 Å². The number of alkyl halides is 3. The van der Waals surface area contributed by atoms with Gasteiger partial charge in [-0.05, 0) is 61.0 Å². The van der Waals surface area contributed by atoms with Gasteiger partial charge in [-0.2, -0.15) is 31.6 Å². The van der Waals surface area contributed by atoms with Gasteiger partial charge in [0.1, 0.15) is 11.6 Å². The minimum atomic E-state index is -5.91. The van der Waals surface area contributed by atoms with E-state index in [1.54, 1.807) is 54.3 Å². The second-order valence-electron chi connectivity index (χ2n) is 12.8. The zero-order valence-corrected chi connectivity index (χ0v) is 32.4. The van der Waals surface area contributed by atoms with Crippen molar-refractivity contribution in [2.45, 2.75) is 12.4 Å². The summed E-state index contributed by atoms with van der Waals surface area (Å²) in [6.45, 7) is 5.36. The normalized spacial score (nSPS) is 14.4. The predicted molar refractivity (Wildman–Crippen MR) is 213 cm³/mol. The summed E-state index contributed by atoms with van der Waals surface area (Å²) in [5, 5.41) is 0.109. The van der Waals surface area contributed by atoms with Crippen molar-refractivity contribution in [1.29, 1.82) is 0 Å². The lowest BCUT2D eigenvalue weighted by Gasteiger charge is -2.26. The molecule has 6 aromatic rings. The molecule has 4 heterocycles. The average Bonchev–Trinajstić information content (AvgIpc) is 3.20. The molecular formula is C38H35BF5N6O9S. The van der Waals surface area contributed by atoms with E-state index < -0.39 is 43.9 Å². The van der Waals surface area contributed by atoms with Gasteiger partial charge in [0, 0.05) is 57.1 Å². The molecule has 0 spiro atoms. The molecular weight excluding hydrogens is 822 g/mol. The molecule has 2 aliphatic rings. The Morgan fingerprint density at radius 1 is 0.683 bits per heavy atom. The van der Waals surface area contributed by atoms with E-state index in [2.05, 4.69) is 14.2 Å². The van der Waals surface area contributed by atoms with E-state index >= 15 is 0 Å². The molecule has 3 radical (unpaired) electrons. The van der Waals surface area contributed by atoms with Crippen LogP contribution in [0.1, 0.15) is 5.56 Å². The third kappa shape index (κ3) is 10.3. The molecule has 2 aromatic heterocycles. The van der Waals surface area contributed by atoms with Crippen LogP contribution in [-0.4, -0.2) is 84.9 Å². The molecule has 0 saturated carbocycles. The molecule has 315 valence electrons. The molecule has 0 bridgehead atoms. The van der Waals surface area contributed by atoms with E-state index in [0.29, 0.717) is 91.6 Å². The van der Waals surface area contributed by atoms with Gasteiger partial charge in [0.2, 0.25) is 0 Å². The summed E-state index contributed by atoms with van der Waals surface area (Å²) in [6, 6.07) is 17.5. The number of aryl methyl sites for hydroxylation is 1. The van der Waals surface area contributed by atoms with Crippen LogP contribution < -0.4 is 36.6 Å². The van der Waals surface area contributed by atoms with E-state index in [-0.39, 0.29) is 31.6 Å². The largest absolute Gasteiger partial charge is 0.534 e. The van der Waals surface area contributed by atoms with E-state index in [1.807, 2.05) is 4.90 Å². The molecule has 2 saturated heterocycles. The number of benzene rings is 4. The van der Waals surface area contributed by atoms with Crippen molar-refractivity contribution in [3.05, 3.63) is 111 Å². The second-order valence-corrected chi connectivity index (χ2v) is 14.4. The van der Waals surface area contributed by atoms with E-state index in [9.17, 15) is 40.0 Å². The number of para-hydroxylation sites is 2. The smallest absolute Gasteiger partial charge is 0.424 e. The van der Waals surface area contributed by atoms with Gasteiger partial charge in [0.05, 0.1) is 37.2 Å². The summed E-state index contributed by atoms with van der Waals surface area (Å²) >= 11 is 0. The van der Waals surface area contributed by atoms with Crippen molar-refractivity contribution in [3.8, 4) is 16.9 Å². The van der Waals surface area contributed by atoms with Crippen molar-refractivity contribution < 1.29 is 52.9 Å². The highest BCUT2D eigenvalue weighted by atomic mass is 32.2. The zero-order valence-electron chi connectivity index (χ0n) is 31.6. The first-order valence-corrected chi connectivity index (χ1v) is 19.0. The van der Waals surface area contributed by atoms with Gasteiger partial charge in [-0.15, -0.1) is 0 Å². The van der Waals surface area contributed by atoms with Crippen molar-refractivity contribution in [2.24, 2.45) is 0 Å². The van der Waals surface area contributed by atoms with Gasteiger partial charge >= 0.3 is 27.7 Å². The molecule has 4 aromatic carbocycles. The fourth-order valence-electron chi connectivity index (χ4n) is 5.71. The molecule has 60 heavy (non-hydrogen) atoms. The number of nitrogens with zero attached hydrogens (tertiary/aromatic N) is 4. The van der Waals surface area contributed by atoms with Crippen LogP contribution in [0.5, 0.6) is 5.75 Å². The van der Waals surface area contributed by atoms with Gasteiger partial charge in [0.15, 0.2) is 16.9 Å². The quantitative estimate of drug-likeness (QED) is 0.0769. The van der Waals surface area contributed by atoms with E-state index in [4.69, 9.17) is 29.8 Å². The standard InChI is InChI=1S/C18H16FN3O3.C13H11F3N2O6S.C7H8FN.B/c19-15-10-11(20)4-5-12(15)13-2-1-3-14-16(13)25-18(21-17(14)23)22-6-8-24-9-7-22;14-13(15,16)25(20,21)24-9-3-1-2-8-10(9)23-12(17-11(8)19)18-4-6-22-7-5-18;1-5-2-3-6(9)4-7(5)8;/h1-5,10H,6-9,20H2;1-3H,4-7H2;2-4H,9H2,1H3;. The Labute approximate surface area is 340 Å². The number of hydrogen-bond acceptors (Lipinski definition) is 15. The number of nitrogens with two attached hydrogens (primary N) is 2. The summed E-state index contributed by atoms with van der Waals surface area (Å²) in [4.78, 5) is 35.7. The summed E-state index contributed by atoms with van der Waals surface area (Å²) < 4.78 is 113. The maximum absolute atomic E-state index is 14.4. The highest BCUT2D eigenvalue weighted by Gasteiger charge is 2.49. The minimum absolute atomic E-state index is 0. The third-order valence-electron chi connectivity index (χ3n) is 8.76. The summed E-state index contributed by atoms with van der Waals surface area (Å²) in [6.07, 6.45) is 0. The average molecular weight is 858 g/mol. The van der Waals surface area contributed by atoms with Crippen LogP contribution in [-0.2, 0) is 19.6 Å².